The first-order chi connectivity index (χ1) is 8.11. The van der Waals surface area contributed by atoms with Gasteiger partial charge in [-0.1, -0.05) is 13.0 Å². The number of anilines is 1. The highest BCUT2D eigenvalue weighted by Gasteiger charge is 2.02. The van der Waals surface area contributed by atoms with Crippen LogP contribution in [0, 0.1) is 0 Å². The summed E-state index contributed by atoms with van der Waals surface area (Å²) in [6.07, 6.45) is 1.04. The van der Waals surface area contributed by atoms with Crippen LogP contribution in [0.3, 0.4) is 0 Å². The number of amides is 2. The van der Waals surface area contributed by atoms with Gasteiger partial charge in [0.25, 0.3) is 0 Å². The third kappa shape index (κ3) is 5.24. The topological polar surface area (TPSA) is 50.4 Å². The largest absolute Gasteiger partial charge is 0.491 e. The molecule has 0 bridgehead atoms. The molecule has 0 saturated carbocycles. The van der Waals surface area contributed by atoms with Gasteiger partial charge >= 0.3 is 6.03 Å². The maximum Gasteiger partial charge on any atom is 0.319 e. The number of hydrogen-bond acceptors (Lipinski definition) is 2. The van der Waals surface area contributed by atoms with E-state index in [2.05, 4.69) is 10.6 Å². The van der Waals surface area contributed by atoms with Crippen LogP contribution in [0.15, 0.2) is 24.3 Å². The molecule has 0 aliphatic rings. The third-order valence-corrected chi connectivity index (χ3v) is 2.00. The van der Waals surface area contributed by atoms with Crippen molar-refractivity contribution >= 4 is 11.7 Å². The molecule has 1 rings (SSSR count). The number of benzene rings is 1. The smallest absolute Gasteiger partial charge is 0.319 e. The number of carbonyl (C=O) groups is 1. The molecule has 17 heavy (non-hydrogen) atoms. The van der Waals surface area contributed by atoms with Gasteiger partial charge in [0.15, 0.2) is 0 Å². The van der Waals surface area contributed by atoms with E-state index in [4.69, 9.17) is 4.74 Å². The summed E-state index contributed by atoms with van der Waals surface area (Å²) in [6, 6.07) is 7.18. The van der Waals surface area contributed by atoms with Gasteiger partial charge in [-0.2, -0.15) is 0 Å². The van der Waals surface area contributed by atoms with Crippen molar-refractivity contribution in [3.8, 4) is 5.75 Å². The van der Waals surface area contributed by atoms with Crippen LogP contribution < -0.4 is 15.4 Å². The molecule has 2 N–H and O–H groups in total. The molecule has 0 saturated heterocycles. The second-order valence-corrected chi connectivity index (χ2v) is 4.08. The monoisotopic (exact) mass is 236 g/mol. The van der Waals surface area contributed by atoms with Gasteiger partial charge in [0.1, 0.15) is 5.75 Å². The molecule has 0 atom stereocenters. The molecule has 0 aliphatic heterocycles. The second-order valence-electron chi connectivity index (χ2n) is 4.08. The number of rotatable bonds is 5. The van der Waals surface area contributed by atoms with Crippen molar-refractivity contribution in [1.29, 1.82) is 0 Å². The summed E-state index contributed by atoms with van der Waals surface area (Å²) in [7, 11) is 0. The number of nitrogens with one attached hydrogen (secondary N) is 2. The van der Waals surface area contributed by atoms with E-state index in [0.717, 1.165) is 17.9 Å². The van der Waals surface area contributed by atoms with E-state index in [-0.39, 0.29) is 12.1 Å². The number of carbonyl (C=O) groups excluding carboxylic acids is 1. The highest BCUT2D eigenvalue weighted by Crippen LogP contribution is 2.18. The lowest BCUT2D eigenvalue weighted by atomic mass is 10.3. The summed E-state index contributed by atoms with van der Waals surface area (Å²) < 4.78 is 5.55. The van der Waals surface area contributed by atoms with Gasteiger partial charge in [-0.3, -0.25) is 0 Å². The van der Waals surface area contributed by atoms with Crippen LogP contribution in [0.4, 0.5) is 10.5 Å². The van der Waals surface area contributed by atoms with Crippen LogP contribution in [0.2, 0.25) is 0 Å². The average Bonchev–Trinajstić information content (AvgIpc) is 2.26. The molecular weight excluding hydrogens is 216 g/mol. The van der Waals surface area contributed by atoms with E-state index < -0.39 is 0 Å². The fraction of sp³-hybridized carbons (Fsp3) is 0.462. The Hall–Kier alpha value is -1.71. The number of urea groups is 1. The van der Waals surface area contributed by atoms with Crippen LogP contribution in [0.1, 0.15) is 27.2 Å². The Morgan fingerprint density at radius 2 is 2.18 bits per heavy atom. The van der Waals surface area contributed by atoms with Gasteiger partial charge in [0, 0.05) is 18.3 Å². The van der Waals surface area contributed by atoms with Crippen molar-refractivity contribution in [2.24, 2.45) is 0 Å². The van der Waals surface area contributed by atoms with Gasteiger partial charge in [-0.15, -0.1) is 0 Å². The number of ether oxygens (including phenoxy) is 1. The highest BCUT2D eigenvalue weighted by molar-refractivity contribution is 5.89. The van der Waals surface area contributed by atoms with Crippen LogP contribution in [-0.4, -0.2) is 18.7 Å². The Morgan fingerprint density at radius 3 is 2.82 bits per heavy atom. The van der Waals surface area contributed by atoms with Crippen LogP contribution in [0.25, 0.3) is 0 Å². The molecule has 0 radical (unpaired) electrons. The lowest BCUT2D eigenvalue weighted by Gasteiger charge is -2.11. The zero-order valence-corrected chi connectivity index (χ0v) is 10.6. The molecule has 0 heterocycles. The van der Waals surface area contributed by atoms with Gasteiger partial charge < -0.3 is 15.4 Å². The van der Waals surface area contributed by atoms with Crippen molar-refractivity contribution in [3.05, 3.63) is 24.3 Å². The molecule has 1 aromatic rings. The van der Waals surface area contributed by atoms with Crippen LogP contribution >= 0.6 is 0 Å². The van der Waals surface area contributed by atoms with Gasteiger partial charge in [-0.25, -0.2) is 4.79 Å². The minimum Gasteiger partial charge on any atom is -0.491 e. The highest BCUT2D eigenvalue weighted by atomic mass is 16.5. The summed E-state index contributed by atoms with van der Waals surface area (Å²) in [4.78, 5) is 11.4. The van der Waals surface area contributed by atoms with Gasteiger partial charge in [0.2, 0.25) is 0 Å². The second kappa shape index (κ2) is 6.78. The predicted molar refractivity (Wildman–Crippen MR) is 69.5 cm³/mol. The normalized spacial score (nSPS) is 10.1. The fourth-order valence-electron chi connectivity index (χ4n) is 1.33. The molecule has 1 aromatic carbocycles. The minimum absolute atomic E-state index is 0.124. The quantitative estimate of drug-likeness (QED) is 0.825. The van der Waals surface area contributed by atoms with E-state index in [1.165, 1.54) is 0 Å². The zero-order valence-electron chi connectivity index (χ0n) is 10.6. The molecule has 0 unspecified atom stereocenters. The SMILES string of the molecule is CCCNC(=O)Nc1cccc(OC(C)C)c1. The molecule has 0 spiro atoms. The van der Waals surface area contributed by atoms with E-state index in [0.29, 0.717) is 6.54 Å². The van der Waals surface area contributed by atoms with Crippen molar-refractivity contribution < 1.29 is 9.53 Å². The summed E-state index contributed by atoms with van der Waals surface area (Å²) in [5.41, 5.74) is 0.733. The molecule has 0 aliphatic carbocycles. The lowest BCUT2D eigenvalue weighted by Crippen LogP contribution is -2.29. The van der Waals surface area contributed by atoms with Gasteiger partial charge in [-0.05, 0) is 32.4 Å². The first-order valence-electron chi connectivity index (χ1n) is 5.93. The summed E-state index contributed by atoms with van der Waals surface area (Å²) >= 11 is 0. The Labute approximate surface area is 102 Å². The maximum atomic E-state index is 11.4. The first-order valence-corrected chi connectivity index (χ1v) is 5.93. The van der Waals surface area contributed by atoms with E-state index >= 15 is 0 Å². The Morgan fingerprint density at radius 1 is 1.41 bits per heavy atom. The van der Waals surface area contributed by atoms with Gasteiger partial charge in [0.05, 0.1) is 6.10 Å². The molecule has 0 aromatic heterocycles. The third-order valence-electron chi connectivity index (χ3n) is 2.00. The Kier molecular flexibility index (Phi) is 5.33. The molecule has 94 valence electrons. The Balaban J connectivity index is 2.56. The van der Waals surface area contributed by atoms with E-state index in [9.17, 15) is 4.79 Å². The van der Waals surface area contributed by atoms with Crippen molar-refractivity contribution in [1.82, 2.24) is 5.32 Å². The van der Waals surface area contributed by atoms with Crippen LogP contribution in [0.5, 0.6) is 5.75 Å². The standard InChI is InChI=1S/C13H20N2O2/c1-4-8-14-13(16)15-11-6-5-7-12(9-11)17-10(2)3/h5-7,9-10H,4,8H2,1-3H3,(H2,14,15,16). The number of hydrogen-bond donors (Lipinski definition) is 2. The summed E-state index contributed by atoms with van der Waals surface area (Å²) in [6.45, 7) is 6.62. The lowest BCUT2D eigenvalue weighted by molar-refractivity contribution is 0.242. The predicted octanol–water partition coefficient (Wildman–Crippen LogP) is 3.01. The zero-order chi connectivity index (χ0) is 12.7. The molecular formula is C13H20N2O2. The molecule has 0 fully saturated rings. The first kappa shape index (κ1) is 13.4. The van der Waals surface area contributed by atoms with Crippen LogP contribution in [-0.2, 0) is 0 Å². The van der Waals surface area contributed by atoms with E-state index in [1.54, 1.807) is 0 Å². The molecule has 4 heteroatoms. The minimum atomic E-state index is -0.187. The maximum absolute atomic E-state index is 11.4. The Bertz CT molecular complexity index is 364. The van der Waals surface area contributed by atoms with E-state index in [1.807, 2.05) is 45.0 Å². The van der Waals surface area contributed by atoms with Crippen molar-refractivity contribution in [2.45, 2.75) is 33.3 Å². The molecule has 2 amide bonds. The fourth-order valence-corrected chi connectivity index (χ4v) is 1.33. The summed E-state index contributed by atoms with van der Waals surface area (Å²) in [5, 5.41) is 5.51. The average molecular weight is 236 g/mol. The van der Waals surface area contributed by atoms with Crippen molar-refractivity contribution in [2.75, 3.05) is 11.9 Å². The molecule has 4 nitrogen and oxygen atoms in total. The van der Waals surface area contributed by atoms with Crippen molar-refractivity contribution in [3.63, 3.8) is 0 Å². The summed E-state index contributed by atoms with van der Waals surface area (Å²) in [5.74, 6) is 0.758.